The van der Waals surface area contributed by atoms with Crippen molar-refractivity contribution in [2.45, 2.75) is 37.1 Å². The minimum atomic E-state index is -0.380. The van der Waals surface area contributed by atoms with Crippen molar-refractivity contribution in [3.63, 3.8) is 0 Å². The van der Waals surface area contributed by atoms with Gasteiger partial charge in [0, 0.05) is 18.5 Å². The lowest BCUT2D eigenvalue weighted by Crippen LogP contribution is -2.30. The number of aryl methyl sites for hydroxylation is 1. The van der Waals surface area contributed by atoms with E-state index < -0.39 is 0 Å². The van der Waals surface area contributed by atoms with E-state index in [4.69, 9.17) is 19.3 Å². The lowest BCUT2D eigenvalue weighted by Gasteiger charge is -2.24. The summed E-state index contributed by atoms with van der Waals surface area (Å²) in [6.45, 7) is 0.597. The smallest absolute Gasteiger partial charge is 0.258 e. The number of rotatable bonds is 15. The van der Waals surface area contributed by atoms with E-state index in [1.165, 1.54) is 11.8 Å². The molecule has 49 heavy (non-hydrogen) atoms. The van der Waals surface area contributed by atoms with Crippen LogP contribution in [0.2, 0.25) is 0 Å². The van der Waals surface area contributed by atoms with Gasteiger partial charge in [-0.2, -0.15) is 5.10 Å². The van der Waals surface area contributed by atoms with Gasteiger partial charge in [0.05, 0.1) is 43.1 Å². The molecule has 0 unspecified atom stereocenters. The van der Waals surface area contributed by atoms with Gasteiger partial charge in [0.1, 0.15) is 5.75 Å². The highest BCUT2D eigenvalue weighted by Crippen LogP contribution is 2.42. The maximum atomic E-state index is 14.0. The van der Waals surface area contributed by atoms with Crippen LogP contribution in [0.15, 0.2) is 107 Å². The Kier molecular flexibility index (Phi) is 11.2. The molecule has 1 aliphatic rings. The van der Waals surface area contributed by atoms with Crippen molar-refractivity contribution < 1.29 is 23.8 Å². The summed E-state index contributed by atoms with van der Waals surface area (Å²) in [5.41, 5.74) is 2.80. The quantitative estimate of drug-likeness (QED) is 0.137. The number of methoxy groups -OCH3 is 2. The predicted octanol–water partition coefficient (Wildman–Crippen LogP) is 5.76. The molecule has 0 saturated carbocycles. The molecule has 1 N–H and O–H groups in total. The first-order valence-corrected chi connectivity index (χ1v) is 17.6. The first-order valence-electron chi connectivity index (χ1n) is 15.7. The van der Waals surface area contributed by atoms with Gasteiger partial charge in [-0.15, -0.1) is 21.5 Å². The Bertz CT molecular complexity index is 1880. The fraction of sp³-hybridized carbons (Fsp3) is 0.250. The number of hydrogen-bond acceptors (Lipinski definition) is 10. The third-order valence-corrected chi connectivity index (χ3v) is 9.78. The first-order chi connectivity index (χ1) is 24.0. The van der Waals surface area contributed by atoms with Crippen molar-refractivity contribution in [2.24, 2.45) is 5.10 Å². The molecule has 0 spiro atoms. The SMILES string of the molecule is COc1cccc([C@H]2CC(c3cccs3)=NN2C(=O)CSc2nnc(CNC(=O)COc3ccccc3)n2CCc2ccccc2)c1OC. The summed E-state index contributed by atoms with van der Waals surface area (Å²) in [4.78, 5) is 27.6. The molecule has 252 valence electrons. The number of hydrazone groups is 1. The van der Waals surface area contributed by atoms with E-state index in [1.807, 2.05) is 76.7 Å². The number of thioether (sulfide) groups is 1. The van der Waals surface area contributed by atoms with E-state index in [-0.39, 0.29) is 36.8 Å². The second-order valence-electron chi connectivity index (χ2n) is 11.0. The number of para-hydroxylation sites is 2. The van der Waals surface area contributed by atoms with Crippen LogP contribution in [0.4, 0.5) is 0 Å². The molecule has 11 nitrogen and oxygen atoms in total. The summed E-state index contributed by atoms with van der Waals surface area (Å²) in [6, 6.07) is 28.5. The molecule has 3 heterocycles. The van der Waals surface area contributed by atoms with E-state index in [2.05, 4.69) is 27.6 Å². The Labute approximate surface area is 292 Å². The number of nitrogens with zero attached hydrogens (tertiary/aromatic N) is 5. The lowest BCUT2D eigenvalue weighted by atomic mass is 9.99. The molecular weight excluding hydrogens is 661 g/mol. The maximum absolute atomic E-state index is 14.0. The van der Waals surface area contributed by atoms with Crippen molar-refractivity contribution in [1.29, 1.82) is 0 Å². The molecule has 1 aliphatic heterocycles. The van der Waals surface area contributed by atoms with E-state index in [0.29, 0.717) is 41.2 Å². The van der Waals surface area contributed by atoms with Crippen LogP contribution in [0.1, 0.15) is 34.3 Å². The van der Waals surface area contributed by atoms with Gasteiger partial charge in [-0.1, -0.05) is 78.5 Å². The molecule has 0 bridgehead atoms. The lowest BCUT2D eigenvalue weighted by molar-refractivity contribution is -0.130. The van der Waals surface area contributed by atoms with Gasteiger partial charge < -0.3 is 24.1 Å². The van der Waals surface area contributed by atoms with Gasteiger partial charge >= 0.3 is 0 Å². The number of amides is 2. The molecule has 1 atom stereocenters. The number of thiophene rings is 1. The van der Waals surface area contributed by atoms with Gasteiger partial charge in [-0.25, -0.2) is 5.01 Å². The van der Waals surface area contributed by atoms with Crippen LogP contribution in [0.25, 0.3) is 0 Å². The summed E-state index contributed by atoms with van der Waals surface area (Å²) in [5, 5.41) is 20.7. The molecule has 6 rings (SSSR count). The standard InChI is InChI=1S/C36H36N6O5S2/c1-45-30-16-9-15-27(35(30)46-2)29-21-28(31-17-10-20-48-31)40-42(29)34(44)24-49-36-39-38-32(41(36)19-18-25-11-5-3-6-12-25)22-37-33(43)23-47-26-13-7-4-8-14-26/h3-17,20,29H,18-19,21-24H2,1-2H3,(H,37,43)/t29-/m1/s1. The monoisotopic (exact) mass is 696 g/mol. The summed E-state index contributed by atoms with van der Waals surface area (Å²) >= 11 is 2.88. The number of ether oxygens (including phenoxy) is 3. The minimum Gasteiger partial charge on any atom is -0.493 e. The van der Waals surface area contributed by atoms with Gasteiger partial charge in [0.25, 0.3) is 11.8 Å². The zero-order valence-corrected chi connectivity index (χ0v) is 28.8. The van der Waals surface area contributed by atoms with Crippen LogP contribution < -0.4 is 19.5 Å². The van der Waals surface area contributed by atoms with Crippen LogP contribution in [0.3, 0.4) is 0 Å². The van der Waals surface area contributed by atoms with Gasteiger partial charge in [0.2, 0.25) is 0 Å². The highest BCUT2D eigenvalue weighted by atomic mass is 32.2. The molecule has 0 radical (unpaired) electrons. The molecule has 0 aliphatic carbocycles. The molecule has 0 fully saturated rings. The summed E-state index contributed by atoms with van der Waals surface area (Å²) in [6.07, 6.45) is 1.25. The van der Waals surface area contributed by atoms with Crippen molar-refractivity contribution in [3.05, 3.63) is 118 Å². The van der Waals surface area contributed by atoms with E-state index in [1.54, 1.807) is 42.7 Å². The molecule has 0 saturated heterocycles. The molecule has 2 amide bonds. The van der Waals surface area contributed by atoms with E-state index >= 15 is 0 Å². The third kappa shape index (κ3) is 8.30. The normalized spacial score (nSPS) is 14.0. The van der Waals surface area contributed by atoms with Crippen LogP contribution >= 0.6 is 23.1 Å². The summed E-state index contributed by atoms with van der Waals surface area (Å²) in [7, 11) is 3.19. The van der Waals surface area contributed by atoms with Crippen molar-refractivity contribution in [1.82, 2.24) is 25.1 Å². The zero-order valence-electron chi connectivity index (χ0n) is 27.2. The fourth-order valence-corrected chi connectivity index (χ4v) is 7.06. The number of benzene rings is 3. The summed E-state index contributed by atoms with van der Waals surface area (Å²) < 4.78 is 18.8. The Morgan fingerprint density at radius 1 is 0.939 bits per heavy atom. The average Bonchev–Trinajstić information content (AvgIpc) is 3.92. The molecule has 13 heteroatoms. The van der Waals surface area contributed by atoms with Crippen LogP contribution in [-0.4, -0.2) is 63.9 Å². The number of hydrogen-bond donors (Lipinski definition) is 1. The maximum Gasteiger partial charge on any atom is 0.258 e. The van der Waals surface area contributed by atoms with E-state index in [0.717, 1.165) is 28.1 Å². The number of carbonyl (C=O) groups excluding carboxylic acids is 2. The van der Waals surface area contributed by atoms with Crippen molar-refractivity contribution in [2.75, 3.05) is 26.6 Å². The van der Waals surface area contributed by atoms with Gasteiger partial charge in [-0.3, -0.25) is 9.59 Å². The fourth-order valence-electron chi connectivity index (χ4n) is 5.50. The first kappa shape index (κ1) is 33.7. The molecule has 3 aromatic carbocycles. The Balaban J connectivity index is 1.19. The number of aromatic nitrogens is 3. The predicted molar refractivity (Wildman–Crippen MR) is 189 cm³/mol. The molecular formula is C36H36N6O5S2. The van der Waals surface area contributed by atoms with Crippen LogP contribution in [0, 0.1) is 0 Å². The highest BCUT2D eigenvalue weighted by Gasteiger charge is 2.36. The topological polar surface area (TPSA) is 120 Å². The number of carbonyl (C=O) groups is 2. The minimum absolute atomic E-state index is 0.0742. The zero-order chi connectivity index (χ0) is 34.0. The highest BCUT2D eigenvalue weighted by molar-refractivity contribution is 7.99. The van der Waals surface area contributed by atoms with Gasteiger partial charge in [-0.05, 0) is 41.6 Å². The molecule has 5 aromatic rings. The van der Waals surface area contributed by atoms with E-state index in [9.17, 15) is 9.59 Å². The Hall–Kier alpha value is -5.14. The van der Waals surface area contributed by atoms with Crippen molar-refractivity contribution >= 4 is 40.6 Å². The van der Waals surface area contributed by atoms with Crippen LogP contribution in [0.5, 0.6) is 17.2 Å². The number of nitrogens with one attached hydrogen (secondary N) is 1. The van der Waals surface area contributed by atoms with Crippen molar-refractivity contribution in [3.8, 4) is 17.2 Å². The largest absolute Gasteiger partial charge is 0.493 e. The second-order valence-corrected chi connectivity index (χ2v) is 12.9. The summed E-state index contributed by atoms with van der Waals surface area (Å²) in [5.74, 6) is 1.97. The average molecular weight is 697 g/mol. The second kappa shape index (κ2) is 16.3. The Morgan fingerprint density at radius 2 is 1.73 bits per heavy atom. The van der Waals surface area contributed by atoms with Gasteiger partial charge in [0.15, 0.2) is 29.1 Å². The third-order valence-electron chi connectivity index (χ3n) is 7.91. The Morgan fingerprint density at radius 3 is 2.47 bits per heavy atom. The van der Waals surface area contributed by atoms with Crippen LogP contribution in [-0.2, 0) is 29.1 Å². The molecule has 2 aromatic heterocycles.